The Balaban J connectivity index is 2.06. The normalized spacial score (nSPS) is 12.1. The first-order valence-electron chi connectivity index (χ1n) is 6.13. The largest absolute Gasteiger partial charge is 0.472 e. The molecule has 2 aromatic heterocycles. The van der Waals surface area contributed by atoms with E-state index in [1.54, 1.807) is 36.9 Å². The van der Waals surface area contributed by atoms with Crippen LogP contribution in [0, 0.1) is 0 Å². The van der Waals surface area contributed by atoms with Gasteiger partial charge in [-0.05, 0) is 30.9 Å². The summed E-state index contributed by atoms with van der Waals surface area (Å²) >= 11 is 1.65. The maximum absolute atomic E-state index is 12.1. The number of hydrogen-bond donors (Lipinski definition) is 0. The zero-order valence-corrected chi connectivity index (χ0v) is 12.4. The molecular weight excluding hydrogens is 282 g/mol. The third-order valence-electron chi connectivity index (χ3n) is 2.88. The van der Waals surface area contributed by atoms with Gasteiger partial charge in [-0.25, -0.2) is 8.42 Å². The van der Waals surface area contributed by atoms with Crippen molar-refractivity contribution in [3.63, 3.8) is 0 Å². The SMILES string of the molecule is CCS(=O)(=O)N(CCc1cccs1)Cc1ccoc1. The first-order chi connectivity index (χ1) is 9.12. The molecule has 0 unspecified atom stereocenters. The summed E-state index contributed by atoms with van der Waals surface area (Å²) in [5, 5.41) is 2.00. The van der Waals surface area contributed by atoms with Crippen LogP contribution in [0.25, 0.3) is 0 Å². The fraction of sp³-hybridized carbons (Fsp3) is 0.385. The maximum Gasteiger partial charge on any atom is 0.214 e. The van der Waals surface area contributed by atoms with Crippen molar-refractivity contribution in [2.75, 3.05) is 12.3 Å². The molecular formula is C13H17NO3S2. The van der Waals surface area contributed by atoms with E-state index in [1.165, 1.54) is 9.18 Å². The van der Waals surface area contributed by atoms with Gasteiger partial charge in [0.2, 0.25) is 10.0 Å². The number of thiophene rings is 1. The first kappa shape index (κ1) is 14.3. The van der Waals surface area contributed by atoms with Crippen LogP contribution in [0.15, 0.2) is 40.5 Å². The summed E-state index contributed by atoms with van der Waals surface area (Å²) in [4.78, 5) is 1.20. The van der Waals surface area contributed by atoms with Gasteiger partial charge in [0, 0.05) is 23.5 Å². The van der Waals surface area contributed by atoms with E-state index in [4.69, 9.17) is 4.42 Å². The van der Waals surface area contributed by atoms with E-state index >= 15 is 0 Å². The van der Waals surface area contributed by atoms with Crippen molar-refractivity contribution in [3.05, 3.63) is 46.5 Å². The minimum Gasteiger partial charge on any atom is -0.472 e. The molecule has 2 rings (SSSR count). The molecule has 0 aliphatic rings. The molecule has 0 N–H and O–H groups in total. The highest BCUT2D eigenvalue weighted by molar-refractivity contribution is 7.89. The summed E-state index contributed by atoms with van der Waals surface area (Å²) in [7, 11) is -3.19. The van der Waals surface area contributed by atoms with Crippen LogP contribution in [-0.4, -0.2) is 25.0 Å². The van der Waals surface area contributed by atoms with E-state index in [2.05, 4.69) is 0 Å². The molecule has 2 heterocycles. The number of rotatable bonds is 7. The van der Waals surface area contributed by atoms with Crippen LogP contribution in [-0.2, 0) is 23.0 Å². The summed E-state index contributed by atoms with van der Waals surface area (Å²) in [6.07, 6.45) is 3.89. The van der Waals surface area contributed by atoms with Crippen molar-refractivity contribution in [1.29, 1.82) is 0 Å². The summed E-state index contributed by atoms with van der Waals surface area (Å²) in [6, 6.07) is 5.80. The molecule has 0 fully saturated rings. The molecule has 0 radical (unpaired) electrons. The van der Waals surface area contributed by atoms with Crippen molar-refractivity contribution in [1.82, 2.24) is 4.31 Å². The molecule has 4 nitrogen and oxygen atoms in total. The van der Waals surface area contributed by atoms with Gasteiger partial charge in [-0.3, -0.25) is 0 Å². The van der Waals surface area contributed by atoms with Gasteiger partial charge >= 0.3 is 0 Å². The van der Waals surface area contributed by atoms with Gasteiger partial charge in [0.25, 0.3) is 0 Å². The van der Waals surface area contributed by atoms with Crippen molar-refractivity contribution >= 4 is 21.4 Å². The summed E-state index contributed by atoms with van der Waals surface area (Å²) in [6.45, 7) is 2.54. The number of furan rings is 1. The molecule has 2 aromatic rings. The summed E-state index contributed by atoms with van der Waals surface area (Å²) < 4.78 is 30.7. The number of sulfonamides is 1. The van der Waals surface area contributed by atoms with Crippen molar-refractivity contribution in [2.24, 2.45) is 0 Å². The van der Waals surface area contributed by atoms with Crippen LogP contribution in [0.5, 0.6) is 0 Å². The lowest BCUT2D eigenvalue weighted by atomic mass is 10.3. The summed E-state index contributed by atoms with van der Waals surface area (Å²) in [5.74, 6) is 0.120. The molecule has 0 bridgehead atoms. The van der Waals surface area contributed by atoms with E-state index < -0.39 is 10.0 Å². The Hall–Kier alpha value is -1.11. The Labute approximate surface area is 117 Å². The lowest BCUT2D eigenvalue weighted by Crippen LogP contribution is -2.33. The van der Waals surface area contributed by atoms with Crippen LogP contribution < -0.4 is 0 Å². The van der Waals surface area contributed by atoms with Gasteiger partial charge in [-0.15, -0.1) is 11.3 Å². The predicted octanol–water partition coefficient (Wildman–Crippen LogP) is 2.74. The van der Waals surface area contributed by atoms with Crippen LogP contribution in [0.3, 0.4) is 0 Å². The van der Waals surface area contributed by atoms with E-state index in [0.29, 0.717) is 13.1 Å². The van der Waals surface area contributed by atoms with Gasteiger partial charge < -0.3 is 4.42 Å². The standard InChI is InChI=1S/C13H17NO3S2/c1-2-19(15,16)14(10-12-6-8-17-11-12)7-5-13-4-3-9-18-13/h3-4,6,8-9,11H,2,5,7,10H2,1H3. The lowest BCUT2D eigenvalue weighted by Gasteiger charge is -2.20. The smallest absolute Gasteiger partial charge is 0.214 e. The molecule has 0 atom stereocenters. The monoisotopic (exact) mass is 299 g/mol. The highest BCUT2D eigenvalue weighted by Gasteiger charge is 2.20. The molecule has 0 saturated heterocycles. The quantitative estimate of drug-likeness (QED) is 0.790. The highest BCUT2D eigenvalue weighted by atomic mass is 32.2. The minimum absolute atomic E-state index is 0.120. The van der Waals surface area contributed by atoms with Crippen molar-refractivity contribution in [3.8, 4) is 0 Å². The molecule has 0 saturated carbocycles. The number of nitrogens with zero attached hydrogens (tertiary/aromatic N) is 1. The van der Waals surface area contributed by atoms with Gasteiger partial charge in [-0.2, -0.15) is 4.31 Å². The van der Waals surface area contributed by atoms with Crippen LogP contribution in [0.4, 0.5) is 0 Å². The zero-order chi connectivity index (χ0) is 13.7. The van der Waals surface area contributed by atoms with E-state index in [0.717, 1.165) is 12.0 Å². The fourth-order valence-electron chi connectivity index (χ4n) is 1.78. The van der Waals surface area contributed by atoms with Gasteiger partial charge in [-0.1, -0.05) is 6.07 Å². The Morgan fingerprint density at radius 2 is 2.21 bits per heavy atom. The first-order valence-corrected chi connectivity index (χ1v) is 8.62. The molecule has 104 valence electrons. The Kier molecular flexibility index (Phi) is 4.79. The molecule has 0 aliphatic heterocycles. The molecule has 0 amide bonds. The predicted molar refractivity (Wildman–Crippen MR) is 76.6 cm³/mol. The third kappa shape index (κ3) is 3.92. The van der Waals surface area contributed by atoms with Crippen molar-refractivity contribution in [2.45, 2.75) is 19.9 Å². The maximum atomic E-state index is 12.1. The second-order valence-electron chi connectivity index (χ2n) is 4.20. The second-order valence-corrected chi connectivity index (χ2v) is 7.48. The van der Waals surface area contributed by atoms with Gasteiger partial charge in [0.15, 0.2) is 0 Å². The van der Waals surface area contributed by atoms with Crippen LogP contribution in [0.2, 0.25) is 0 Å². The Morgan fingerprint density at radius 3 is 2.79 bits per heavy atom. The van der Waals surface area contributed by atoms with Gasteiger partial charge in [0.1, 0.15) is 0 Å². The number of hydrogen-bond acceptors (Lipinski definition) is 4. The average molecular weight is 299 g/mol. The van der Waals surface area contributed by atoms with Crippen molar-refractivity contribution < 1.29 is 12.8 Å². The molecule has 6 heteroatoms. The zero-order valence-electron chi connectivity index (χ0n) is 10.8. The van der Waals surface area contributed by atoms with E-state index in [9.17, 15) is 8.42 Å². The minimum atomic E-state index is -3.19. The van der Waals surface area contributed by atoms with Crippen LogP contribution >= 0.6 is 11.3 Å². The second kappa shape index (κ2) is 6.36. The lowest BCUT2D eigenvalue weighted by molar-refractivity contribution is 0.409. The highest BCUT2D eigenvalue weighted by Crippen LogP contribution is 2.14. The molecule has 0 aromatic carbocycles. The average Bonchev–Trinajstić information content (AvgIpc) is 3.07. The fourth-order valence-corrected chi connectivity index (χ4v) is 3.55. The van der Waals surface area contributed by atoms with Crippen LogP contribution in [0.1, 0.15) is 17.4 Å². The molecule has 0 aliphatic carbocycles. The summed E-state index contributed by atoms with van der Waals surface area (Å²) in [5.41, 5.74) is 0.878. The Morgan fingerprint density at radius 1 is 1.37 bits per heavy atom. The Bertz CT molecular complexity index is 573. The van der Waals surface area contributed by atoms with Gasteiger partial charge in [0.05, 0.1) is 18.3 Å². The molecule has 19 heavy (non-hydrogen) atoms. The topological polar surface area (TPSA) is 50.5 Å². The molecule has 0 spiro atoms. The van der Waals surface area contributed by atoms with E-state index in [-0.39, 0.29) is 5.75 Å². The third-order valence-corrected chi connectivity index (χ3v) is 5.65. The van der Waals surface area contributed by atoms with E-state index in [1.807, 2.05) is 17.5 Å².